The summed E-state index contributed by atoms with van der Waals surface area (Å²) >= 11 is 6.29. The second kappa shape index (κ2) is 9.52. The summed E-state index contributed by atoms with van der Waals surface area (Å²) in [6.07, 6.45) is 7.41. The molecule has 0 spiro atoms. The molecule has 0 aliphatic carbocycles. The van der Waals surface area contributed by atoms with E-state index in [1.165, 1.54) is 32.1 Å². The van der Waals surface area contributed by atoms with Gasteiger partial charge in [0.2, 0.25) is 0 Å². The maximum atomic E-state index is 12.7. The Morgan fingerprint density at radius 3 is 2.36 bits per heavy atom. The fourth-order valence-electron chi connectivity index (χ4n) is 2.75. The Morgan fingerprint density at radius 1 is 1.14 bits per heavy atom. The van der Waals surface area contributed by atoms with Gasteiger partial charge in [-0.15, -0.1) is 0 Å². The van der Waals surface area contributed by atoms with Crippen molar-refractivity contribution < 1.29 is 4.39 Å². The number of unbranched alkanes of at least 4 members (excludes halogenated alkanes) is 3. The quantitative estimate of drug-likeness (QED) is 0.513. The van der Waals surface area contributed by atoms with E-state index < -0.39 is 6.67 Å². The monoisotopic (exact) mass is 327 g/mol. The Hall–Kier alpha value is -0.600. The summed E-state index contributed by atoms with van der Waals surface area (Å²) in [5.41, 5.74) is 2.17. The number of hydrogen-bond donors (Lipinski definition) is 1. The van der Waals surface area contributed by atoms with E-state index in [0.717, 1.165) is 12.0 Å². The highest BCUT2D eigenvalue weighted by Crippen LogP contribution is 2.28. The Balaban J connectivity index is 2.39. The van der Waals surface area contributed by atoms with Crippen molar-refractivity contribution in [2.75, 3.05) is 7.05 Å². The highest BCUT2D eigenvalue weighted by atomic mass is 35.5. The van der Waals surface area contributed by atoms with Crippen LogP contribution in [-0.2, 0) is 6.67 Å². The Labute approximate surface area is 140 Å². The molecule has 1 aromatic carbocycles. The Kier molecular flexibility index (Phi) is 8.41. The first-order chi connectivity index (χ1) is 10.4. The van der Waals surface area contributed by atoms with E-state index in [4.69, 9.17) is 11.6 Å². The SMILES string of the molecule is CNC(CCCCCCC(C)(C)C)c1ccc(CF)cc1Cl. The molecule has 126 valence electrons. The topological polar surface area (TPSA) is 12.0 Å². The predicted molar refractivity (Wildman–Crippen MR) is 95.2 cm³/mol. The standard InChI is InChI=1S/C19H31ClFN/c1-19(2,3)12-8-6-5-7-9-18(22-4)16-11-10-15(14-21)13-17(16)20/h10-11,13,18,22H,5-9,12,14H2,1-4H3. The first-order valence-electron chi connectivity index (χ1n) is 8.39. The summed E-state index contributed by atoms with van der Waals surface area (Å²) in [5.74, 6) is 0. The van der Waals surface area contributed by atoms with Crippen LogP contribution in [0, 0.1) is 5.41 Å². The van der Waals surface area contributed by atoms with Gasteiger partial charge in [-0.25, -0.2) is 4.39 Å². The van der Waals surface area contributed by atoms with Crippen LogP contribution in [0.1, 0.15) is 76.5 Å². The zero-order chi connectivity index (χ0) is 16.6. The van der Waals surface area contributed by atoms with Crippen LogP contribution in [0.4, 0.5) is 4.39 Å². The molecule has 1 atom stereocenters. The van der Waals surface area contributed by atoms with Crippen molar-refractivity contribution in [3.8, 4) is 0 Å². The van der Waals surface area contributed by atoms with Crippen LogP contribution in [0.2, 0.25) is 5.02 Å². The number of benzene rings is 1. The maximum absolute atomic E-state index is 12.7. The molecule has 22 heavy (non-hydrogen) atoms. The van der Waals surface area contributed by atoms with Crippen molar-refractivity contribution in [1.82, 2.24) is 5.32 Å². The van der Waals surface area contributed by atoms with Gasteiger partial charge in [0.25, 0.3) is 0 Å². The van der Waals surface area contributed by atoms with E-state index >= 15 is 0 Å². The van der Waals surface area contributed by atoms with Crippen LogP contribution in [0.5, 0.6) is 0 Å². The average Bonchev–Trinajstić information content (AvgIpc) is 2.46. The molecule has 0 bridgehead atoms. The molecular weight excluding hydrogens is 297 g/mol. The summed E-state index contributed by atoms with van der Waals surface area (Å²) in [6.45, 7) is 6.44. The van der Waals surface area contributed by atoms with Gasteiger partial charge in [0.1, 0.15) is 6.67 Å². The van der Waals surface area contributed by atoms with Crippen molar-refractivity contribution in [3.05, 3.63) is 34.3 Å². The van der Waals surface area contributed by atoms with Crippen molar-refractivity contribution in [3.63, 3.8) is 0 Å². The zero-order valence-electron chi connectivity index (χ0n) is 14.5. The molecule has 0 saturated heterocycles. The minimum atomic E-state index is -0.460. The van der Waals surface area contributed by atoms with E-state index in [9.17, 15) is 4.39 Å². The summed E-state index contributed by atoms with van der Waals surface area (Å²) in [6, 6.07) is 5.78. The molecule has 0 heterocycles. The molecule has 0 fully saturated rings. The smallest absolute Gasteiger partial charge is 0.115 e. The van der Waals surface area contributed by atoms with E-state index in [0.29, 0.717) is 16.0 Å². The second-order valence-corrected chi connectivity index (χ2v) is 7.75. The third-order valence-electron chi connectivity index (χ3n) is 4.11. The van der Waals surface area contributed by atoms with E-state index in [2.05, 4.69) is 26.1 Å². The fourth-order valence-corrected chi connectivity index (χ4v) is 3.08. The van der Waals surface area contributed by atoms with Crippen LogP contribution < -0.4 is 5.32 Å². The van der Waals surface area contributed by atoms with Crippen molar-refractivity contribution in [1.29, 1.82) is 0 Å². The van der Waals surface area contributed by atoms with Gasteiger partial charge in [-0.05, 0) is 42.5 Å². The maximum Gasteiger partial charge on any atom is 0.115 e. The molecule has 3 heteroatoms. The lowest BCUT2D eigenvalue weighted by Gasteiger charge is -2.19. The molecule has 0 amide bonds. The van der Waals surface area contributed by atoms with Crippen LogP contribution in [0.3, 0.4) is 0 Å². The van der Waals surface area contributed by atoms with Crippen LogP contribution >= 0.6 is 11.6 Å². The predicted octanol–water partition coefficient (Wildman–Crippen LogP) is 6.46. The molecule has 0 saturated carbocycles. The number of nitrogens with one attached hydrogen (secondary N) is 1. The molecule has 0 radical (unpaired) electrons. The molecule has 0 aliphatic heterocycles. The lowest BCUT2D eigenvalue weighted by atomic mass is 9.89. The van der Waals surface area contributed by atoms with Gasteiger partial charge in [0, 0.05) is 11.1 Å². The fraction of sp³-hybridized carbons (Fsp3) is 0.684. The van der Waals surface area contributed by atoms with Crippen molar-refractivity contribution in [2.45, 2.75) is 72.0 Å². The molecule has 0 aromatic heterocycles. The lowest BCUT2D eigenvalue weighted by molar-refractivity contribution is 0.355. The number of halogens is 2. The van der Waals surface area contributed by atoms with Gasteiger partial charge in [-0.2, -0.15) is 0 Å². The summed E-state index contributed by atoms with van der Waals surface area (Å²) in [5, 5.41) is 4.00. The molecule has 1 N–H and O–H groups in total. The summed E-state index contributed by atoms with van der Waals surface area (Å²) < 4.78 is 12.7. The highest BCUT2D eigenvalue weighted by Gasteiger charge is 2.13. The minimum absolute atomic E-state index is 0.253. The molecule has 1 unspecified atom stereocenters. The molecular formula is C19H31ClFN. The second-order valence-electron chi connectivity index (χ2n) is 7.34. The third-order valence-corrected chi connectivity index (χ3v) is 4.44. The first kappa shape index (κ1) is 19.4. The molecule has 1 nitrogen and oxygen atoms in total. The van der Waals surface area contributed by atoms with Gasteiger partial charge in [0.05, 0.1) is 0 Å². The van der Waals surface area contributed by atoms with Crippen molar-refractivity contribution >= 4 is 11.6 Å². The van der Waals surface area contributed by atoms with Crippen LogP contribution in [0.25, 0.3) is 0 Å². The van der Waals surface area contributed by atoms with Gasteiger partial charge in [0.15, 0.2) is 0 Å². The number of rotatable bonds is 9. The molecule has 1 aromatic rings. The third kappa shape index (κ3) is 7.11. The Bertz CT molecular complexity index is 440. The molecule has 0 aliphatic rings. The largest absolute Gasteiger partial charge is 0.313 e. The summed E-state index contributed by atoms with van der Waals surface area (Å²) in [7, 11) is 1.96. The van der Waals surface area contributed by atoms with E-state index in [1.54, 1.807) is 6.07 Å². The first-order valence-corrected chi connectivity index (χ1v) is 8.76. The highest BCUT2D eigenvalue weighted by molar-refractivity contribution is 6.31. The van der Waals surface area contributed by atoms with Gasteiger partial charge in [-0.1, -0.05) is 70.2 Å². The lowest BCUT2D eigenvalue weighted by Crippen LogP contribution is -2.16. The van der Waals surface area contributed by atoms with E-state index in [1.807, 2.05) is 19.2 Å². The number of alkyl halides is 1. The van der Waals surface area contributed by atoms with Crippen molar-refractivity contribution in [2.24, 2.45) is 5.41 Å². The minimum Gasteiger partial charge on any atom is -0.313 e. The molecule has 1 rings (SSSR count). The van der Waals surface area contributed by atoms with E-state index in [-0.39, 0.29) is 6.04 Å². The normalized spacial score (nSPS) is 13.4. The summed E-state index contributed by atoms with van der Waals surface area (Å²) in [4.78, 5) is 0. The Morgan fingerprint density at radius 2 is 1.82 bits per heavy atom. The van der Waals surface area contributed by atoms with Gasteiger partial charge in [-0.3, -0.25) is 0 Å². The number of hydrogen-bond acceptors (Lipinski definition) is 1. The van der Waals surface area contributed by atoms with Crippen LogP contribution in [0.15, 0.2) is 18.2 Å². The van der Waals surface area contributed by atoms with Crippen LogP contribution in [-0.4, -0.2) is 7.05 Å². The average molecular weight is 328 g/mol. The zero-order valence-corrected chi connectivity index (χ0v) is 15.3. The van der Waals surface area contributed by atoms with Gasteiger partial charge < -0.3 is 5.32 Å². The van der Waals surface area contributed by atoms with Gasteiger partial charge >= 0.3 is 0 Å².